The fourth-order valence-corrected chi connectivity index (χ4v) is 2.35. The van der Waals surface area contributed by atoms with Gasteiger partial charge in [-0.2, -0.15) is 8.78 Å². The van der Waals surface area contributed by atoms with Crippen molar-refractivity contribution in [3.63, 3.8) is 0 Å². The molecule has 0 aliphatic heterocycles. The summed E-state index contributed by atoms with van der Waals surface area (Å²) in [5.41, 5.74) is 0.875. The summed E-state index contributed by atoms with van der Waals surface area (Å²) in [5.74, 6) is -1.54. The second kappa shape index (κ2) is 6.42. The number of rotatable bonds is 5. The van der Waals surface area contributed by atoms with E-state index in [9.17, 15) is 8.78 Å². The van der Waals surface area contributed by atoms with Crippen LogP contribution in [0.1, 0.15) is 5.76 Å². The molecule has 1 aromatic carbocycles. The van der Waals surface area contributed by atoms with Gasteiger partial charge < -0.3 is 9.73 Å². The molecule has 6 heteroatoms. The zero-order valence-corrected chi connectivity index (χ0v) is 12.2. The Bertz CT molecular complexity index is 501. The first kappa shape index (κ1) is 13.7. The summed E-state index contributed by atoms with van der Waals surface area (Å²) in [6.07, 6.45) is 0. The minimum Gasteiger partial charge on any atom is -0.454 e. The van der Waals surface area contributed by atoms with Crippen molar-refractivity contribution in [3.05, 3.63) is 45.9 Å². The van der Waals surface area contributed by atoms with Crippen LogP contribution in [-0.2, 0) is 6.54 Å². The lowest BCUT2D eigenvalue weighted by atomic mass is 10.3. The molecule has 0 atom stereocenters. The molecule has 0 radical (unpaired) electrons. The normalized spacial score (nSPS) is 10.9. The number of halogens is 3. The van der Waals surface area contributed by atoms with Crippen molar-refractivity contribution in [2.24, 2.45) is 0 Å². The first-order chi connectivity index (χ1) is 8.63. The summed E-state index contributed by atoms with van der Waals surface area (Å²) in [7, 11) is 0. The van der Waals surface area contributed by atoms with E-state index >= 15 is 0 Å². The van der Waals surface area contributed by atoms with Gasteiger partial charge in [0.15, 0.2) is 3.77 Å². The van der Waals surface area contributed by atoms with Crippen molar-refractivity contribution < 1.29 is 13.2 Å². The Labute approximate surface area is 121 Å². The molecule has 2 nitrogen and oxygen atoms in total. The molecule has 1 aromatic heterocycles. The van der Waals surface area contributed by atoms with Crippen LogP contribution in [0, 0.1) is 3.77 Å². The maximum Gasteiger partial charge on any atom is 0.288 e. The Morgan fingerprint density at radius 3 is 2.44 bits per heavy atom. The Kier molecular flexibility index (Phi) is 4.87. The molecule has 0 saturated heterocycles. The van der Waals surface area contributed by atoms with E-state index in [-0.39, 0.29) is 0 Å². The summed E-state index contributed by atoms with van der Waals surface area (Å²) >= 11 is 2.65. The third kappa shape index (κ3) is 4.16. The van der Waals surface area contributed by atoms with E-state index in [1.54, 1.807) is 24.3 Å². The van der Waals surface area contributed by atoms with Gasteiger partial charge in [-0.25, -0.2) is 0 Å². The highest BCUT2D eigenvalue weighted by atomic mass is 127. The summed E-state index contributed by atoms with van der Waals surface area (Å²) in [4.78, 5) is 0.558. The molecule has 0 unspecified atom stereocenters. The predicted octanol–water partition coefficient (Wildman–Crippen LogP) is 4.81. The molecular formula is C12H10F2INOS. The first-order valence-electron chi connectivity index (χ1n) is 5.16. The van der Waals surface area contributed by atoms with Crippen molar-refractivity contribution in [3.8, 4) is 0 Å². The monoisotopic (exact) mass is 381 g/mol. The lowest BCUT2D eigenvalue weighted by molar-refractivity contribution is 0.252. The Balaban J connectivity index is 1.90. The highest BCUT2D eigenvalue weighted by Gasteiger charge is 2.05. The van der Waals surface area contributed by atoms with Crippen LogP contribution < -0.4 is 5.32 Å². The Morgan fingerprint density at radius 2 is 1.89 bits per heavy atom. The highest BCUT2D eigenvalue weighted by molar-refractivity contribution is 14.1. The topological polar surface area (TPSA) is 25.2 Å². The molecule has 2 aromatic rings. The lowest BCUT2D eigenvalue weighted by Gasteiger charge is -2.05. The van der Waals surface area contributed by atoms with Crippen molar-refractivity contribution in [1.29, 1.82) is 0 Å². The maximum atomic E-state index is 12.1. The molecule has 1 heterocycles. The number of nitrogens with one attached hydrogen (secondary N) is 1. The number of thioether (sulfide) groups is 1. The average molecular weight is 381 g/mol. The molecular weight excluding hydrogens is 371 g/mol. The molecule has 0 amide bonds. The number of hydrogen-bond donors (Lipinski definition) is 1. The second-order valence-corrected chi connectivity index (χ2v) is 5.59. The van der Waals surface area contributed by atoms with E-state index in [1.807, 2.05) is 12.1 Å². The minimum atomic E-state index is -2.38. The largest absolute Gasteiger partial charge is 0.454 e. The van der Waals surface area contributed by atoms with Crippen molar-refractivity contribution in [1.82, 2.24) is 0 Å². The van der Waals surface area contributed by atoms with Crippen molar-refractivity contribution in [2.45, 2.75) is 17.2 Å². The second-order valence-electron chi connectivity index (χ2n) is 3.46. The fourth-order valence-electron chi connectivity index (χ4n) is 1.39. The molecule has 2 rings (SSSR count). The highest BCUT2D eigenvalue weighted by Crippen LogP contribution is 2.26. The van der Waals surface area contributed by atoms with Gasteiger partial charge in [-0.15, -0.1) is 0 Å². The number of anilines is 1. The van der Waals surface area contributed by atoms with Crippen LogP contribution in [0.5, 0.6) is 0 Å². The summed E-state index contributed by atoms with van der Waals surface area (Å²) in [6.45, 7) is 0.574. The summed E-state index contributed by atoms with van der Waals surface area (Å²) in [5, 5.41) is 3.16. The molecule has 0 saturated carbocycles. The van der Waals surface area contributed by atoms with Gasteiger partial charge in [-0.3, -0.25) is 0 Å². The quantitative estimate of drug-likeness (QED) is 0.595. The van der Waals surface area contributed by atoms with E-state index in [4.69, 9.17) is 4.42 Å². The van der Waals surface area contributed by atoms with Gasteiger partial charge in [-0.1, -0.05) is 11.8 Å². The molecule has 0 spiro atoms. The molecule has 0 aliphatic carbocycles. The van der Waals surface area contributed by atoms with Gasteiger partial charge in [-0.05, 0) is 59.0 Å². The van der Waals surface area contributed by atoms with Crippen LogP contribution in [0.4, 0.5) is 14.5 Å². The van der Waals surface area contributed by atoms with Crippen molar-refractivity contribution >= 4 is 40.0 Å². The van der Waals surface area contributed by atoms with Gasteiger partial charge >= 0.3 is 0 Å². The minimum absolute atomic E-state index is 0.544. The van der Waals surface area contributed by atoms with Crippen molar-refractivity contribution in [2.75, 3.05) is 5.32 Å². The first-order valence-corrected chi connectivity index (χ1v) is 7.12. The van der Waals surface area contributed by atoms with Crippen LogP contribution >= 0.6 is 34.4 Å². The van der Waals surface area contributed by atoms with Crippen LogP contribution in [0.15, 0.2) is 45.7 Å². The van der Waals surface area contributed by atoms with E-state index in [2.05, 4.69) is 27.9 Å². The van der Waals surface area contributed by atoms with Gasteiger partial charge in [0.2, 0.25) is 0 Å². The van der Waals surface area contributed by atoms with E-state index < -0.39 is 5.76 Å². The van der Waals surface area contributed by atoms with Gasteiger partial charge in [0.1, 0.15) is 5.76 Å². The van der Waals surface area contributed by atoms with Gasteiger partial charge in [0.25, 0.3) is 5.76 Å². The third-order valence-electron chi connectivity index (χ3n) is 2.18. The van der Waals surface area contributed by atoms with Crippen LogP contribution in [0.3, 0.4) is 0 Å². The molecule has 0 bridgehead atoms. The van der Waals surface area contributed by atoms with Crippen LogP contribution in [0.2, 0.25) is 0 Å². The summed E-state index contributed by atoms with van der Waals surface area (Å²) in [6, 6.07) is 10.7. The average Bonchev–Trinajstić information content (AvgIpc) is 2.74. The molecule has 18 heavy (non-hydrogen) atoms. The van der Waals surface area contributed by atoms with E-state index in [1.165, 1.54) is 0 Å². The van der Waals surface area contributed by atoms with Crippen LogP contribution in [0.25, 0.3) is 0 Å². The molecule has 96 valence electrons. The number of furan rings is 1. The SMILES string of the molecule is FC(F)Sc1ccc(NCc2ccc(I)o2)cc1. The number of alkyl halides is 2. The standard InChI is InChI=1S/C12H10F2INOS/c13-12(14)18-10-4-1-8(2-5-10)16-7-9-3-6-11(15)17-9/h1-6,12,16H,7H2. The van der Waals surface area contributed by atoms with E-state index in [0.29, 0.717) is 23.2 Å². The molecule has 1 N–H and O–H groups in total. The van der Waals surface area contributed by atoms with E-state index in [0.717, 1.165) is 15.2 Å². The van der Waals surface area contributed by atoms with Crippen LogP contribution in [-0.4, -0.2) is 5.76 Å². The van der Waals surface area contributed by atoms with Gasteiger partial charge in [0, 0.05) is 10.6 Å². The fraction of sp³-hybridized carbons (Fsp3) is 0.167. The summed E-state index contributed by atoms with van der Waals surface area (Å²) < 4.78 is 30.5. The molecule has 0 fully saturated rings. The van der Waals surface area contributed by atoms with Gasteiger partial charge in [0.05, 0.1) is 6.54 Å². The zero-order valence-electron chi connectivity index (χ0n) is 9.20. The Hall–Kier alpha value is -0.760. The molecule has 0 aliphatic rings. The Morgan fingerprint density at radius 1 is 1.17 bits per heavy atom. The zero-order chi connectivity index (χ0) is 13.0. The smallest absolute Gasteiger partial charge is 0.288 e. The number of benzene rings is 1. The number of hydrogen-bond acceptors (Lipinski definition) is 3. The predicted molar refractivity (Wildman–Crippen MR) is 77.1 cm³/mol. The third-order valence-corrected chi connectivity index (χ3v) is 3.48. The maximum absolute atomic E-state index is 12.1. The lowest BCUT2D eigenvalue weighted by Crippen LogP contribution is -1.97.